The zero-order valence-electron chi connectivity index (χ0n) is 14.6. The quantitative estimate of drug-likeness (QED) is 0.659. The van der Waals surface area contributed by atoms with E-state index in [1.165, 1.54) is 24.3 Å². The van der Waals surface area contributed by atoms with Crippen LogP contribution >= 0.6 is 0 Å². The minimum Gasteiger partial charge on any atom is -0.378 e. The molecule has 136 valence electrons. The molecule has 1 aromatic heterocycles. The number of carbonyl (C=O) groups excluding carboxylic acids is 1. The number of hydrogen-bond acceptors (Lipinski definition) is 7. The highest BCUT2D eigenvalue weighted by Gasteiger charge is 2.19. The van der Waals surface area contributed by atoms with Crippen LogP contribution in [0.15, 0.2) is 24.3 Å². The van der Waals surface area contributed by atoms with Gasteiger partial charge in [-0.15, -0.1) is 0 Å². The maximum atomic E-state index is 12.5. The summed E-state index contributed by atoms with van der Waals surface area (Å²) >= 11 is 0. The first-order valence-corrected chi connectivity index (χ1v) is 8.19. The van der Waals surface area contributed by atoms with Crippen LogP contribution < -0.4 is 10.2 Å². The Morgan fingerprint density at radius 1 is 1.23 bits per heavy atom. The number of nitrogens with one attached hydrogen (secondary N) is 1. The van der Waals surface area contributed by atoms with Gasteiger partial charge in [0.05, 0.1) is 35.2 Å². The number of morpholine rings is 1. The number of benzene rings is 1. The number of anilines is 2. The first kappa shape index (κ1) is 17.7. The molecular formula is C17H19N5O4. The molecule has 0 spiro atoms. The average molecular weight is 357 g/mol. The summed E-state index contributed by atoms with van der Waals surface area (Å²) in [5.41, 5.74) is 1.86. The van der Waals surface area contributed by atoms with Crippen LogP contribution in [0.25, 0.3) is 0 Å². The predicted octanol–water partition coefficient (Wildman–Crippen LogP) is 2.09. The van der Waals surface area contributed by atoms with E-state index in [1.807, 2.05) is 4.90 Å². The van der Waals surface area contributed by atoms with Gasteiger partial charge < -0.3 is 15.0 Å². The highest BCUT2D eigenvalue weighted by molar-refractivity contribution is 6.05. The molecule has 1 fully saturated rings. The summed E-state index contributed by atoms with van der Waals surface area (Å²) in [5, 5.41) is 13.6. The molecule has 1 amide bonds. The lowest BCUT2D eigenvalue weighted by molar-refractivity contribution is -0.384. The Bertz CT molecular complexity index is 826. The normalized spacial score (nSPS) is 14.2. The van der Waals surface area contributed by atoms with Gasteiger partial charge in [0.25, 0.3) is 11.6 Å². The molecule has 1 aromatic carbocycles. The third kappa shape index (κ3) is 3.77. The SMILES string of the molecule is Cc1nc(N2CCOCC2)nc(C)c1NC(=O)c1cccc([N+](=O)[O-])c1. The van der Waals surface area contributed by atoms with Crippen LogP contribution in [-0.2, 0) is 4.74 Å². The number of non-ortho nitro benzene ring substituents is 1. The zero-order chi connectivity index (χ0) is 18.7. The Hall–Kier alpha value is -3.07. The van der Waals surface area contributed by atoms with Crippen LogP contribution in [0.5, 0.6) is 0 Å². The Labute approximate surface area is 150 Å². The third-order valence-corrected chi connectivity index (χ3v) is 4.11. The summed E-state index contributed by atoms with van der Waals surface area (Å²) in [6, 6.07) is 5.58. The van der Waals surface area contributed by atoms with Crippen molar-refractivity contribution in [1.82, 2.24) is 9.97 Å². The molecule has 0 aliphatic carbocycles. The van der Waals surface area contributed by atoms with E-state index in [0.717, 1.165) is 13.1 Å². The molecule has 1 aliphatic heterocycles. The van der Waals surface area contributed by atoms with Gasteiger partial charge in [-0.2, -0.15) is 0 Å². The van der Waals surface area contributed by atoms with E-state index >= 15 is 0 Å². The van der Waals surface area contributed by atoms with Crippen molar-refractivity contribution in [1.29, 1.82) is 0 Å². The predicted molar refractivity (Wildman–Crippen MR) is 95.6 cm³/mol. The Balaban J connectivity index is 1.82. The van der Waals surface area contributed by atoms with Crippen molar-refractivity contribution in [3.8, 4) is 0 Å². The number of aromatic nitrogens is 2. The molecule has 0 atom stereocenters. The molecule has 26 heavy (non-hydrogen) atoms. The molecule has 0 bridgehead atoms. The second kappa shape index (κ2) is 7.44. The second-order valence-corrected chi connectivity index (χ2v) is 5.93. The minimum absolute atomic E-state index is 0.134. The lowest BCUT2D eigenvalue weighted by Gasteiger charge is -2.27. The maximum Gasteiger partial charge on any atom is 0.270 e. The number of amides is 1. The van der Waals surface area contributed by atoms with Crippen molar-refractivity contribution in [3.63, 3.8) is 0 Å². The van der Waals surface area contributed by atoms with Crippen LogP contribution in [0.3, 0.4) is 0 Å². The summed E-state index contributed by atoms with van der Waals surface area (Å²) in [6.07, 6.45) is 0. The average Bonchev–Trinajstić information content (AvgIpc) is 2.65. The van der Waals surface area contributed by atoms with Gasteiger partial charge >= 0.3 is 0 Å². The van der Waals surface area contributed by atoms with Gasteiger partial charge in [-0.3, -0.25) is 14.9 Å². The number of nitro groups is 1. The summed E-state index contributed by atoms with van der Waals surface area (Å²) in [6.45, 7) is 6.29. The second-order valence-electron chi connectivity index (χ2n) is 5.93. The zero-order valence-corrected chi connectivity index (χ0v) is 14.6. The van der Waals surface area contributed by atoms with Gasteiger partial charge in [0.1, 0.15) is 0 Å². The monoisotopic (exact) mass is 357 g/mol. The van der Waals surface area contributed by atoms with Crippen LogP contribution in [0, 0.1) is 24.0 Å². The number of aryl methyl sites for hydroxylation is 2. The number of rotatable bonds is 4. The number of carbonyl (C=O) groups is 1. The van der Waals surface area contributed by atoms with E-state index in [2.05, 4.69) is 15.3 Å². The lowest BCUT2D eigenvalue weighted by atomic mass is 10.1. The molecule has 3 rings (SSSR count). The van der Waals surface area contributed by atoms with Crippen molar-refractivity contribution >= 4 is 23.2 Å². The fraction of sp³-hybridized carbons (Fsp3) is 0.353. The van der Waals surface area contributed by atoms with Crippen LogP contribution in [0.2, 0.25) is 0 Å². The topological polar surface area (TPSA) is 110 Å². The number of ether oxygens (including phenoxy) is 1. The van der Waals surface area contributed by atoms with Crippen molar-refractivity contribution in [3.05, 3.63) is 51.3 Å². The molecule has 2 aromatic rings. The highest BCUT2D eigenvalue weighted by Crippen LogP contribution is 2.22. The minimum atomic E-state index is -0.534. The molecule has 1 N–H and O–H groups in total. The Morgan fingerprint density at radius 2 is 1.88 bits per heavy atom. The third-order valence-electron chi connectivity index (χ3n) is 4.11. The van der Waals surface area contributed by atoms with Crippen LogP contribution in [0.4, 0.5) is 17.3 Å². The Morgan fingerprint density at radius 3 is 2.50 bits per heavy atom. The van der Waals surface area contributed by atoms with Crippen molar-refractivity contribution in [2.75, 3.05) is 36.5 Å². The smallest absolute Gasteiger partial charge is 0.270 e. The number of nitrogens with zero attached hydrogens (tertiary/aromatic N) is 4. The van der Waals surface area contributed by atoms with Crippen molar-refractivity contribution in [2.45, 2.75) is 13.8 Å². The molecule has 0 radical (unpaired) electrons. The number of nitro benzene ring substituents is 1. The van der Waals surface area contributed by atoms with E-state index in [9.17, 15) is 14.9 Å². The van der Waals surface area contributed by atoms with E-state index < -0.39 is 10.8 Å². The fourth-order valence-corrected chi connectivity index (χ4v) is 2.73. The summed E-state index contributed by atoms with van der Waals surface area (Å²) in [5.74, 6) is 0.166. The summed E-state index contributed by atoms with van der Waals surface area (Å²) < 4.78 is 5.33. The summed E-state index contributed by atoms with van der Waals surface area (Å²) in [4.78, 5) is 33.8. The van der Waals surface area contributed by atoms with Crippen molar-refractivity contribution < 1.29 is 14.5 Å². The largest absolute Gasteiger partial charge is 0.378 e. The van der Waals surface area contributed by atoms with Gasteiger partial charge in [-0.25, -0.2) is 9.97 Å². The molecule has 9 nitrogen and oxygen atoms in total. The maximum absolute atomic E-state index is 12.5. The van der Waals surface area contributed by atoms with Crippen LogP contribution in [-0.4, -0.2) is 47.1 Å². The van der Waals surface area contributed by atoms with Gasteiger partial charge in [-0.1, -0.05) is 6.07 Å². The molecule has 1 aliphatic rings. The first-order valence-electron chi connectivity index (χ1n) is 8.19. The molecule has 1 saturated heterocycles. The van der Waals surface area contributed by atoms with Gasteiger partial charge in [-0.05, 0) is 19.9 Å². The van der Waals surface area contributed by atoms with E-state index in [4.69, 9.17) is 4.74 Å². The van der Waals surface area contributed by atoms with Gasteiger partial charge in [0.2, 0.25) is 5.95 Å². The standard InChI is InChI=1S/C17H19N5O4/c1-11-15(12(2)19-17(18-11)21-6-8-26-9-7-21)20-16(23)13-4-3-5-14(10-13)22(24)25/h3-5,10H,6-9H2,1-2H3,(H,20,23). The lowest BCUT2D eigenvalue weighted by Crippen LogP contribution is -2.37. The van der Waals surface area contributed by atoms with Gasteiger partial charge in [0.15, 0.2) is 0 Å². The molecule has 9 heteroatoms. The molecule has 0 saturated carbocycles. The van der Waals surface area contributed by atoms with E-state index in [-0.39, 0.29) is 11.3 Å². The summed E-state index contributed by atoms with van der Waals surface area (Å²) in [7, 11) is 0. The van der Waals surface area contributed by atoms with E-state index in [0.29, 0.717) is 36.2 Å². The Kier molecular flexibility index (Phi) is 5.08. The first-order chi connectivity index (χ1) is 12.5. The van der Waals surface area contributed by atoms with Gasteiger partial charge in [0, 0.05) is 30.8 Å². The molecular weight excluding hydrogens is 338 g/mol. The fourth-order valence-electron chi connectivity index (χ4n) is 2.73. The molecule has 0 unspecified atom stereocenters. The number of hydrogen-bond donors (Lipinski definition) is 1. The van der Waals surface area contributed by atoms with Crippen molar-refractivity contribution in [2.24, 2.45) is 0 Å². The highest BCUT2D eigenvalue weighted by atomic mass is 16.6. The van der Waals surface area contributed by atoms with Crippen LogP contribution in [0.1, 0.15) is 21.7 Å². The molecule has 2 heterocycles. The van der Waals surface area contributed by atoms with E-state index in [1.54, 1.807) is 13.8 Å².